The monoisotopic (exact) mass is 183 g/mol. The molecular formula is C12H25N. The SMILES string of the molecule is CCCCC1(CCCC)CCCN1. The Kier molecular flexibility index (Phi) is 4.79. The van der Waals surface area contributed by atoms with Gasteiger partial charge in [0.2, 0.25) is 0 Å². The van der Waals surface area contributed by atoms with Crippen molar-refractivity contribution in [1.82, 2.24) is 5.32 Å². The minimum atomic E-state index is 0.548. The molecule has 1 nitrogen and oxygen atoms in total. The van der Waals surface area contributed by atoms with Gasteiger partial charge in [-0.3, -0.25) is 0 Å². The van der Waals surface area contributed by atoms with Crippen LogP contribution in [0.1, 0.15) is 65.2 Å². The largest absolute Gasteiger partial charge is 0.311 e. The zero-order valence-electron chi connectivity index (χ0n) is 9.36. The van der Waals surface area contributed by atoms with E-state index in [1.807, 2.05) is 0 Å². The van der Waals surface area contributed by atoms with Gasteiger partial charge < -0.3 is 5.32 Å². The Morgan fingerprint density at radius 1 is 1.08 bits per heavy atom. The molecule has 0 aromatic rings. The van der Waals surface area contributed by atoms with Crippen molar-refractivity contribution in [1.29, 1.82) is 0 Å². The molecule has 0 saturated carbocycles. The van der Waals surface area contributed by atoms with E-state index < -0.39 is 0 Å². The molecule has 1 aliphatic heterocycles. The predicted molar refractivity (Wildman–Crippen MR) is 59.0 cm³/mol. The van der Waals surface area contributed by atoms with Crippen LogP contribution >= 0.6 is 0 Å². The summed E-state index contributed by atoms with van der Waals surface area (Å²) in [4.78, 5) is 0. The average Bonchev–Trinajstić information content (AvgIpc) is 2.61. The summed E-state index contributed by atoms with van der Waals surface area (Å²) in [6, 6.07) is 0. The van der Waals surface area contributed by atoms with Crippen molar-refractivity contribution in [2.45, 2.75) is 70.8 Å². The van der Waals surface area contributed by atoms with Crippen molar-refractivity contribution >= 4 is 0 Å². The van der Waals surface area contributed by atoms with E-state index in [0.717, 1.165) is 0 Å². The van der Waals surface area contributed by atoms with Gasteiger partial charge in [0.25, 0.3) is 0 Å². The number of rotatable bonds is 6. The van der Waals surface area contributed by atoms with Gasteiger partial charge in [-0.15, -0.1) is 0 Å². The molecule has 0 spiro atoms. The third-order valence-corrected chi connectivity index (χ3v) is 3.35. The first-order chi connectivity index (χ1) is 6.33. The van der Waals surface area contributed by atoms with E-state index in [-0.39, 0.29) is 0 Å². The summed E-state index contributed by atoms with van der Waals surface area (Å²) in [5.41, 5.74) is 0.548. The highest BCUT2D eigenvalue weighted by Gasteiger charge is 2.31. The highest BCUT2D eigenvalue weighted by Crippen LogP contribution is 2.30. The van der Waals surface area contributed by atoms with Crippen LogP contribution in [0.2, 0.25) is 0 Å². The second-order valence-electron chi connectivity index (χ2n) is 4.52. The Hall–Kier alpha value is -0.0400. The Morgan fingerprint density at radius 3 is 2.08 bits per heavy atom. The molecule has 1 heteroatoms. The number of unbranched alkanes of at least 4 members (excludes halogenated alkanes) is 2. The van der Waals surface area contributed by atoms with E-state index in [4.69, 9.17) is 0 Å². The van der Waals surface area contributed by atoms with Crippen LogP contribution in [0.25, 0.3) is 0 Å². The number of hydrogen-bond acceptors (Lipinski definition) is 1. The molecule has 1 heterocycles. The first-order valence-corrected chi connectivity index (χ1v) is 6.08. The van der Waals surface area contributed by atoms with Crippen molar-refractivity contribution in [3.63, 3.8) is 0 Å². The Bertz CT molecular complexity index is 115. The first-order valence-electron chi connectivity index (χ1n) is 6.08. The van der Waals surface area contributed by atoms with Crippen molar-refractivity contribution in [2.75, 3.05) is 6.54 Å². The summed E-state index contributed by atoms with van der Waals surface area (Å²) in [7, 11) is 0. The van der Waals surface area contributed by atoms with Gasteiger partial charge in [0, 0.05) is 5.54 Å². The van der Waals surface area contributed by atoms with Crippen LogP contribution in [0.3, 0.4) is 0 Å². The molecule has 0 aromatic carbocycles. The lowest BCUT2D eigenvalue weighted by molar-refractivity contribution is 0.305. The number of hydrogen-bond donors (Lipinski definition) is 1. The fraction of sp³-hybridized carbons (Fsp3) is 1.00. The molecule has 78 valence electrons. The molecule has 1 rings (SSSR count). The summed E-state index contributed by atoms with van der Waals surface area (Å²) in [5.74, 6) is 0. The molecule has 0 bridgehead atoms. The molecule has 1 N–H and O–H groups in total. The van der Waals surface area contributed by atoms with Crippen molar-refractivity contribution in [3.8, 4) is 0 Å². The molecule has 13 heavy (non-hydrogen) atoms. The topological polar surface area (TPSA) is 12.0 Å². The predicted octanol–water partition coefficient (Wildman–Crippen LogP) is 3.49. The van der Waals surface area contributed by atoms with Crippen molar-refractivity contribution in [2.24, 2.45) is 0 Å². The van der Waals surface area contributed by atoms with Crippen LogP contribution in [0.15, 0.2) is 0 Å². The maximum absolute atomic E-state index is 3.74. The number of nitrogens with one attached hydrogen (secondary N) is 1. The minimum absolute atomic E-state index is 0.548. The summed E-state index contributed by atoms with van der Waals surface area (Å²) < 4.78 is 0. The fourth-order valence-electron chi connectivity index (χ4n) is 2.45. The Labute approximate surface area is 83.3 Å². The third-order valence-electron chi connectivity index (χ3n) is 3.35. The highest BCUT2D eigenvalue weighted by atomic mass is 15.0. The van der Waals surface area contributed by atoms with E-state index in [0.29, 0.717) is 5.54 Å². The fourth-order valence-corrected chi connectivity index (χ4v) is 2.45. The van der Waals surface area contributed by atoms with Crippen molar-refractivity contribution in [3.05, 3.63) is 0 Å². The molecule has 0 atom stereocenters. The molecule has 0 unspecified atom stereocenters. The summed E-state index contributed by atoms with van der Waals surface area (Å²) >= 11 is 0. The second kappa shape index (κ2) is 5.64. The molecule has 0 radical (unpaired) electrons. The van der Waals surface area contributed by atoms with Gasteiger partial charge in [-0.25, -0.2) is 0 Å². The summed E-state index contributed by atoms with van der Waals surface area (Å²) in [6.45, 7) is 5.85. The zero-order chi connectivity index (χ0) is 9.57. The highest BCUT2D eigenvalue weighted by molar-refractivity contribution is 4.92. The smallest absolute Gasteiger partial charge is 0.0182 e. The lowest BCUT2D eigenvalue weighted by Crippen LogP contribution is -2.39. The molecule has 1 fully saturated rings. The molecule has 0 aromatic heterocycles. The van der Waals surface area contributed by atoms with Crippen LogP contribution in [-0.4, -0.2) is 12.1 Å². The standard InChI is InChI=1S/C12H25N/c1-3-5-8-12(9-6-4-2)10-7-11-13-12/h13H,3-11H2,1-2H3. The van der Waals surface area contributed by atoms with Crippen molar-refractivity contribution < 1.29 is 0 Å². The lowest BCUT2D eigenvalue weighted by atomic mass is 9.86. The van der Waals surface area contributed by atoms with E-state index in [2.05, 4.69) is 19.2 Å². The summed E-state index contributed by atoms with van der Waals surface area (Å²) in [6.07, 6.45) is 11.1. The zero-order valence-corrected chi connectivity index (χ0v) is 9.36. The quantitative estimate of drug-likeness (QED) is 0.664. The third kappa shape index (κ3) is 3.30. The van der Waals surface area contributed by atoms with E-state index in [1.165, 1.54) is 57.9 Å². The normalized spacial score (nSPS) is 20.8. The van der Waals surface area contributed by atoms with Gasteiger partial charge in [0.15, 0.2) is 0 Å². The van der Waals surface area contributed by atoms with E-state index >= 15 is 0 Å². The molecule has 0 amide bonds. The van der Waals surface area contributed by atoms with Gasteiger partial charge in [-0.1, -0.05) is 39.5 Å². The molecular weight excluding hydrogens is 158 g/mol. The Balaban J connectivity index is 2.33. The maximum atomic E-state index is 3.74. The molecule has 1 aliphatic rings. The Morgan fingerprint density at radius 2 is 1.69 bits per heavy atom. The van der Waals surface area contributed by atoms with Crippen LogP contribution in [0.5, 0.6) is 0 Å². The van der Waals surface area contributed by atoms with Gasteiger partial charge in [0.05, 0.1) is 0 Å². The van der Waals surface area contributed by atoms with E-state index in [9.17, 15) is 0 Å². The maximum Gasteiger partial charge on any atom is 0.0182 e. The van der Waals surface area contributed by atoms with E-state index in [1.54, 1.807) is 0 Å². The minimum Gasteiger partial charge on any atom is -0.311 e. The van der Waals surface area contributed by atoms with Crippen LogP contribution in [0, 0.1) is 0 Å². The van der Waals surface area contributed by atoms with Crippen LogP contribution in [0.4, 0.5) is 0 Å². The van der Waals surface area contributed by atoms with Gasteiger partial charge in [0.1, 0.15) is 0 Å². The van der Waals surface area contributed by atoms with Crippen LogP contribution < -0.4 is 5.32 Å². The first kappa shape index (κ1) is 11.0. The van der Waals surface area contributed by atoms with Gasteiger partial charge >= 0.3 is 0 Å². The van der Waals surface area contributed by atoms with Crippen LogP contribution in [-0.2, 0) is 0 Å². The van der Waals surface area contributed by atoms with Gasteiger partial charge in [-0.05, 0) is 32.2 Å². The van der Waals surface area contributed by atoms with Gasteiger partial charge in [-0.2, -0.15) is 0 Å². The average molecular weight is 183 g/mol. The molecule has 1 saturated heterocycles. The molecule has 0 aliphatic carbocycles. The second-order valence-corrected chi connectivity index (χ2v) is 4.52. The lowest BCUT2D eigenvalue weighted by Gasteiger charge is -2.29. The summed E-state index contributed by atoms with van der Waals surface area (Å²) in [5, 5.41) is 3.74.